The van der Waals surface area contributed by atoms with Crippen molar-refractivity contribution in [3.05, 3.63) is 71.3 Å². The highest BCUT2D eigenvalue weighted by Gasteiger charge is 2.28. The number of hydrogen-bond donors (Lipinski definition) is 1. The smallest absolute Gasteiger partial charge is 0.242 e. The fourth-order valence-electron chi connectivity index (χ4n) is 3.13. The predicted molar refractivity (Wildman–Crippen MR) is 122 cm³/mol. The number of hydrogen-bond acceptors (Lipinski definition) is 3. The zero-order valence-electron chi connectivity index (χ0n) is 18.1. The highest BCUT2D eigenvalue weighted by Crippen LogP contribution is 2.18. The van der Waals surface area contributed by atoms with Crippen LogP contribution in [-0.2, 0) is 21.9 Å². The minimum Gasteiger partial charge on any atom is -0.354 e. The normalized spacial score (nSPS) is 11.7. The van der Waals surface area contributed by atoms with E-state index < -0.39 is 6.04 Å². The van der Waals surface area contributed by atoms with Gasteiger partial charge in [0.2, 0.25) is 11.8 Å². The van der Waals surface area contributed by atoms with Crippen LogP contribution < -0.4 is 5.32 Å². The molecule has 0 unspecified atom stereocenters. The third-order valence-corrected chi connectivity index (χ3v) is 5.88. The van der Waals surface area contributed by atoms with Gasteiger partial charge >= 0.3 is 0 Å². The van der Waals surface area contributed by atoms with E-state index in [0.29, 0.717) is 18.7 Å². The van der Waals surface area contributed by atoms with Gasteiger partial charge in [-0.2, -0.15) is 0 Å². The number of halogens is 2. The van der Waals surface area contributed by atoms with Crippen molar-refractivity contribution >= 4 is 23.6 Å². The van der Waals surface area contributed by atoms with E-state index in [2.05, 4.69) is 5.32 Å². The van der Waals surface area contributed by atoms with Gasteiger partial charge in [0.25, 0.3) is 0 Å². The Labute approximate surface area is 187 Å². The third-order valence-electron chi connectivity index (χ3n) is 4.89. The number of carbonyl (C=O) groups is 2. The first-order chi connectivity index (χ1) is 14.9. The molecule has 1 atom stereocenters. The fourth-order valence-corrected chi connectivity index (χ4v) is 4.00. The maximum absolute atomic E-state index is 13.3. The second kappa shape index (κ2) is 13.1. The maximum Gasteiger partial charge on any atom is 0.242 e. The Bertz CT molecular complexity index is 828. The van der Waals surface area contributed by atoms with Crippen LogP contribution >= 0.6 is 11.8 Å². The van der Waals surface area contributed by atoms with Crippen LogP contribution in [0.4, 0.5) is 8.78 Å². The Morgan fingerprint density at radius 2 is 1.55 bits per heavy atom. The van der Waals surface area contributed by atoms with Gasteiger partial charge in [0.05, 0.1) is 5.75 Å². The summed E-state index contributed by atoms with van der Waals surface area (Å²) in [5.41, 5.74) is 1.69. The molecule has 168 valence electrons. The Morgan fingerprint density at radius 1 is 0.968 bits per heavy atom. The van der Waals surface area contributed by atoms with Crippen molar-refractivity contribution in [3.63, 3.8) is 0 Å². The van der Waals surface area contributed by atoms with E-state index in [4.69, 9.17) is 0 Å². The number of carbonyl (C=O) groups excluding carboxylic acids is 2. The lowest BCUT2D eigenvalue weighted by atomic mass is 10.1. The highest BCUT2D eigenvalue weighted by molar-refractivity contribution is 7.99. The van der Waals surface area contributed by atoms with E-state index in [9.17, 15) is 18.4 Å². The summed E-state index contributed by atoms with van der Waals surface area (Å²) in [6.45, 7) is 4.73. The van der Waals surface area contributed by atoms with Crippen molar-refractivity contribution in [3.8, 4) is 0 Å². The molecule has 1 N–H and O–H groups in total. The number of benzene rings is 2. The van der Waals surface area contributed by atoms with Gasteiger partial charge in [0.1, 0.15) is 17.7 Å². The molecule has 4 nitrogen and oxygen atoms in total. The van der Waals surface area contributed by atoms with E-state index in [1.54, 1.807) is 29.2 Å². The van der Waals surface area contributed by atoms with Gasteiger partial charge in [0.15, 0.2) is 0 Å². The molecule has 0 aromatic heterocycles. The molecule has 2 rings (SSSR count). The summed E-state index contributed by atoms with van der Waals surface area (Å²) in [6.07, 6.45) is 2.32. The van der Waals surface area contributed by atoms with Crippen molar-refractivity contribution < 1.29 is 18.4 Å². The van der Waals surface area contributed by atoms with E-state index >= 15 is 0 Å². The number of unbranched alkanes of at least 4 members (excludes halogenated alkanes) is 1. The van der Waals surface area contributed by atoms with Crippen LogP contribution in [0.15, 0.2) is 48.5 Å². The summed E-state index contributed by atoms with van der Waals surface area (Å²) >= 11 is 1.42. The third kappa shape index (κ3) is 8.32. The molecule has 0 aliphatic heterocycles. The lowest BCUT2D eigenvalue weighted by Crippen LogP contribution is -2.49. The maximum atomic E-state index is 13.3. The standard InChI is InChI=1S/C24H30F2N2O2S/c1-3-5-14-27-24(30)22(4-2)28(15-18-6-10-20(25)11-7-18)23(29)17-31-16-19-8-12-21(26)13-9-19/h6-13,22H,3-5,14-17H2,1-2H3,(H,27,30)/t22-/m0/s1. The van der Waals surface area contributed by atoms with Crippen LogP contribution in [0.3, 0.4) is 0 Å². The topological polar surface area (TPSA) is 49.4 Å². The summed E-state index contributed by atoms with van der Waals surface area (Å²) < 4.78 is 26.4. The van der Waals surface area contributed by atoms with E-state index in [0.717, 1.165) is 24.0 Å². The van der Waals surface area contributed by atoms with Crippen LogP contribution in [0.1, 0.15) is 44.2 Å². The highest BCUT2D eigenvalue weighted by atomic mass is 32.2. The average molecular weight is 449 g/mol. The molecular weight excluding hydrogens is 418 g/mol. The van der Waals surface area contributed by atoms with Gasteiger partial charge in [-0.25, -0.2) is 8.78 Å². The van der Waals surface area contributed by atoms with E-state index in [1.807, 2.05) is 13.8 Å². The molecule has 0 aliphatic carbocycles. The minimum absolute atomic E-state index is 0.158. The Hall–Kier alpha value is -2.41. The van der Waals surface area contributed by atoms with Gasteiger partial charge in [-0.15, -0.1) is 11.8 Å². The number of rotatable bonds is 12. The Kier molecular flexibility index (Phi) is 10.5. The van der Waals surface area contributed by atoms with Gasteiger partial charge in [-0.3, -0.25) is 9.59 Å². The first-order valence-electron chi connectivity index (χ1n) is 10.6. The fraction of sp³-hybridized carbons (Fsp3) is 0.417. The molecule has 0 saturated heterocycles. The molecule has 0 bridgehead atoms. The van der Waals surface area contributed by atoms with Crippen molar-refractivity contribution in [1.82, 2.24) is 10.2 Å². The van der Waals surface area contributed by atoms with Crippen LogP contribution in [0.5, 0.6) is 0 Å². The number of nitrogens with one attached hydrogen (secondary N) is 1. The molecule has 7 heteroatoms. The molecule has 2 aromatic rings. The van der Waals surface area contributed by atoms with Crippen molar-refractivity contribution in [2.75, 3.05) is 12.3 Å². The quantitative estimate of drug-likeness (QED) is 0.469. The first kappa shape index (κ1) is 24.9. The lowest BCUT2D eigenvalue weighted by Gasteiger charge is -2.30. The average Bonchev–Trinajstić information content (AvgIpc) is 2.76. The van der Waals surface area contributed by atoms with Crippen molar-refractivity contribution in [1.29, 1.82) is 0 Å². The van der Waals surface area contributed by atoms with Crippen molar-refractivity contribution in [2.24, 2.45) is 0 Å². The molecular formula is C24H30F2N2O2S. The van der Waals surface area contributed by atoms with Crippen LogP contribution in [-0.4, -0.2) is 35.1 Å². The molecule has 2 aromatic carbocycles. The molecule has 0 heterocycles. The molecule has 0 aliphatic rings. The summed E-state index contributed by atoms with van der Waals surface area (Å²) in [5, 5.41) is 2.92. The van der Waals surface area contributed by atoms with E-state index in [1.165, 1.54) is 36.0 Å². The number of thioether (sulfide) groups is 1. The van der Waals surface area contributed by atoms with Crippen molar-refractivity contribution in [2.45, 2.75) is 51.4 Å². The lowest BCUT2D eigenvalue weighted by molar-refractivity contribution is -0.139. The van der Waals surface area contributed by atoms with Gasteiger partial charge in [-0.05, 0) is 48.2 Å². The molecule has 0 fully saturated rings. The molecule has 0 spiro atoms. The summed E-state index contributed by atoms with van der Waals surface area (Å²) in [6, 6.07) is 11.5. The predicted octanol–water partition coefficient (Wildman–Crippen LogP) is 4.92. The second-order valence-electron chi connectivity index (χ2n) is 7.34. The SMILES string of the molecule is CCCCNC(=O)[C@H](CC)N(Cc1ccc(F)cc1)C(=O)CSCc1ccc(F)cc1. The largest absolute Gasteiger partial charge is 0.354 e. The summed E-state index contributed by atoms with van der Waals surface area (Å²) in [7, 11) is 0. The number of amides is 2. The molecule has 0 radical (unpaired) electrons. The summed E-state index contributed by atoms with van der Waals surface area (Å²) in [5.74, 6) is -0.215. The van der Waals surface area contributed by atoms with Crippen LogP contribution in [0.25, 0.3) is 0 Å². The molecule has 0 saturated carbocycles. The molecule has 31 heavy (non-hydrogen) atoms. The Morgan fingerprint density at radius 3 is 2.10 bits per heavy atom. The van der Waals surface area contributed by atoms with Crippen LogP contribution in [0, 0.1) is 11.6 Å². The minimum atomic E-state index is -0.596. The van der Waals surface area contributed by atoms with Gasteiger partial charge in [-0.1, -0.05) is 44.5 Å². The zero-order valence-corrected chi connectivity index (χ0v) is 18.9. The number of nitrogens with zero attached hydrogens (tertiary/aromatic N) is 1. The monoisotopic (exact) mass is 448 g/mol. The first-order valence-corrected chi connectivity index (χ1v) is 11.7. The zero-order chi connectivity index (χ0) is 22.6. The van der Waals surface area contributed by atoms with Gasteiger partial charge < -0.3 is 10.2 Å². The second-order valence-corrected chi connectivity index (χ2v) is 8.32. The Balaban J connectivity index is 2.08. The van der Waals surface area contributed by atoms with Gasteiger partial charge in [0, 0.05) is 18.8 Å². The summed E-state index contributed by atoms with van der Waals surface area (Å²) in [4.78, 5) is 27.4. The van der Waals surface area contributed by atoms with Crippen LogP contribution in [0.2, 0.25) is 0 Å². The van der Waals surface area contributed by atoms with E-state index in [-0.39, 0.29) is 35.7 Å². The molecule has 2 amide bonds.